The Labute approximate surface area is 114 Å². The van der Waals surface area contributed by atoms with Crippen LogP contribution in [0.25, 0.3) is 0 Å². The molecular weight excluding hydrogens is 270 g/mol. The highest BCUT2D eigenvalue weighted by Gasteiger charge is 2.22. The van der Waals surface area contributed by atoms with Gasteiger partial charge in [-0.25, -0.2) is 4.79 Å². The monoisotopic (exact) mass is 285 g/mol. The van der Waals surface area contributed by atoms with Gasteiger partial charge in [0.25, 0.3) is 0 Å². The molecule has 19 heavy (non-hydrogen) atoms. The zero-order chi connectivity index (χ0) is 14.4. The molecule has 0 saturated carbocycles. The number of nitrogens with two attached hydrogens (primary N) is 1. The molecule has 1 aromatic rings. The topological polar surface area (TPSA) is 104 Å². The zero-order valence-corrected chi connectivity index (χ0v) is 11.2. The first-order valence-corrected chi connectivity index (χ1v) is 6.35. The van der Waals surface area contributed by atoms with E-state index in [-0.39, 0.29) is 0 Å². The average Bonchev–Trinajstić information content (AvgIpc) is 2.78. The highest BCUT2D eigenvalue weighted by molar-refractivity contribution is 7.07. The van der Waals surface area contributed by atoms with Crippen molar-refractivity contribution < 1.29 is 19.5 Å². The lowest BCUT2D eigenvalue weighted by atomic mass is 10.3. The Morgan fingerprint density at radius 1 is 1.37 bits per heavy atom. The molecule has 0 spiro atoms. The van der Waals surface area contributed by atoms with Crippen LogP contribution < -0.4 is 5.73 Å². The van der Waals surface area contributed by atoms with Crippen molar-refractivity contribution in [1.82, 2.24) is 9.80 Å². The predicted octanol–water partition coefficient (Wildman–Crippen LogP) is 0.172. The van der Waals surface area contributed by atoms with Crippen LogP contribution in [0.4, 0.5) is 4.79 Å². The van der Waals surface area contributed by atoms with Gasteiger partial charge >= 0.3 is 12.0 Å². The first kappa shape index (κ1) is 15.0. The number of thiophene rings is 1. The minimum Gasteiger partial charge on any atom is -0.480 e. The van der Waals surface area contributed by atoms with Gasteiger partial charge in [0.2, 0.25) is 5.91 Å². The molecule has 104 valence electrons. The van der Waals surface area contributed by atoms with E-state index in [1.807, 2.05) is 16.8 Å². The first-order chi connectivity index (χ1) is 8.90. The summed E-state index contributed by atoms with van der Waals surface area (Å²) in [4.78, 5) is 35.8. The second-order valence-corrected chi connectivity index (χ2v) is 4.77. The van der Waals surface area contributed by atoms with Crippen molar-refractivity contribution in [3.63, 3.8) is 0 Å². The third-order valence-electron chi connectivity index (χ3n) is 2.27. The molecule has 3 amide bonds. The van der Waals surface area contributed by atoms with E-state index in [1.165, 1.54) is 23.3 Å². The van der Waals surface area contributed by atoms with E-state index in [4.69, 9.17) is 10.8 Å². The SMILES string of the molecule is CN(Cc1ccsc1)C(=O)N(CC(N)=O)CC(=O)O. The maximum Gasteiger partial charge on any atom is 0.323 e. The van der Waals surface area contributed by atoms with Gasteiger partial charge in [-0.05, 0) is 22.4 Å². The molecule has 0 bridgehead atoms. The summed E-state index contributed by atoms with van der Waals surface area (Å²) in [7, 11) is 1.54. The van der Waals surface area contributed by atoms with Crippen LogP contribution in [0.2, 0.25) is 0 Å². The number of carbonyl (C=O) groups is 3. The van der Waals surface area contributed by atoms with E-state index in [0.717, 1.165) is 10.5 Å². The number of primary amides is 1. The quantitative estimate of drug-likeness (QED) is 0.777. The summed E-state index contributed by atoms with van der Waals surface area (Å²) in [5.41, 5.74) is 5.94. The molecule has 0 atom stereocenters. The molecule has 0 aliphatic rings. The van der Waals surface area contributed by atoms with Crippen molar-refractivity contribution in [3.8, 4) is 0 Å². The largest absolute Gasteiger partial charge is 0.480 e. The number of urea groups is 1. The molecular formula is C11H15N3O4S. The Bertz CT molecular complexity index is 445. The Hall–Kier alpha value is -2.09. The van der Waals surface area contributed by atoms with Crippen LogP contribution in [0.15, 0.2) is 16.8 Å². The normalized spacial score (nSPS) is 9.95. The number of hydrogen-bond acceptors (Lipinski definition) is 4. The molecule has 3 N–H and O–H groups in total. The number of nitrogens with zero attached hydrogens (tertiary/aromatic N) is 2. The number of aliphatic carboxylic acids is 1. The van der Waals surface area contributed by atoms with Crippen LogP contribution in [0.5, 0.6) is 0 Å². The smallest absolute Gasteiger partial charge is 0.323 e. The number of carboxylic acid groups (broad SMARTS) is 1. The summed E-state index contributed by atoms with van der Waals surface area (Å²) in [5.74, 6) is -1.95. The minimum atomic E-state index is -1.20. The van der Waals surface area contributed by atoms with Gasteiger partial charge < -0.3 is 20.6 Å². The Morgan fingerprint density at radius 3 is 2.53 bits per heavy atom. The summed E-state index contributed by atoms with van der Waals surface area (Å²) >= 11 is 1.50. The van der Waals surface area contributed by atoms with Crippen molar-refractivity contribution in [2.24, 2.45) is 5.73 Å². The molecule has 8 heteroatoms. The van der Waals surface area contributed by atoms with Gasteiger partial charge in [-0.3, -0.25) is 9.59 Å². The molecule has 0 fully saturated rings. The van der Waals surface area contributed by atoms with Crippen LogP contribution in [-0.4, -0.2) is 53.0 Å². The second-order valence-electron chi connectivity index (χ2n) is 3.99. The van der Waals surface area contributed by atoms with E-state index in [1.54, 1.807) is 0 Å². The third kappa shape index (κ3) is 4.96. The summed E-state index contributed by atoms with van der Waals surface area (Å²) in [5, 5.41) is 12.5. The van der Waals surface area contributed by atoms with Gasteiger partial charge in [0.05, 0.1) is 0 Å². The highest BCUT2D eigenvalue weighted by Crippen LogP contribution is 2.09. The van der Waals surface area contributed by atoms with Crippen molar-refractivity contribution in [2.45, 2.75) is 6.54 Å². The molecule has 0 aromatic carbocycles. The van der Waals surface area contributed by atoms with Crippen molar-refractivity contribution in [1.29, 1.82) is 0 Å². The number of carboxylic acids is 1. The predicted molar refractivity (Wildman–Crippen MR) is 69.6 cm³/mol. The maximum atomic E-state index is 12.0. The van der Waals surface area contributed by atoms with Gasteiger partial charge in [-0.15, -0.1) is 0 Å². The Morgan fingerprint density at radius 2 is 2.05 bits per heavy atom. The van der Waals surface area contributed by atoms with Crippen LogP contribution in [-0.2, 0) is 16.1 Å². The Kier molecular flexibility index (Phi) is 5.31. The lowest BCUT2D eigenvalue weighted by molar-refractivity contribution is -0.138. The molecule has 0 aliphatic heterocycles. The van der Waals surface area contributed by atoms with Crippen LogP contribution in [0.3, 0.4) is 0 Å². The number of amides is 3. The fourth-order valence-corrected chi connectivity index (χ4v) is 2.17. The third-order valence-corrected chi connectivity index (χ3v) is 3.00. The average molecular weight is 285 g/mol. The van der Waals surface area contributed by atoms with E-state index >= 15 is 0 Å². The first-order valence-electron chi connectivity index (χ1n) is 5.41. The van der Waals surface area contributed by atoms with E-state index in [0.29, 0.717) is 6.54 Å². The fourth-order valence-electron chi connectivity index (χ4n) is 1.51. The van der Waals surface area contributed by atoms with Gasteiger partial charge in [0, 0.05) is 13.6 Å². The summed E-state index contributed by atoms with van der Waals surface area (Å²) in [6.45, 7) is -0.633. The highest BCUT2D eigenvalue weighted by atomic mass is 32.1. The van der Waals surface area contributed by atoms with Crippen molar-refractivity contribution >= 4 is 29.2 Å². The van der Waals surface area contributed by atoms with Crippen molar-refractivity contribution in [2.75, 3.05) is 20.1 Å². The second kappa shape index (κ2) is 6.74. The molecule has 0 radical (unpaired) electrons. The molecule has 0 saturated heterocycles. The fraction of sp³-hybridized carbons (Fsp3) is 0.364. The van der Waals surface area contributed by atoms with Gasteiger partial charge in [0.15, 0.2) is 0 Å². The van der Waals surface area contributed by atoms with Gasteiger partial charge in [-0.2, -0.15) is 11.3 Å². The molecule has 7 nitrogen and oxygen atoms in total. The van der Waals surface area contributed by atoms with Crippen LogP contribution in [0.1, 0.15) is 5.56 Å². The standard InChI is InChI=1S/C11H15N3O4S/c1-13(4-8-2-3-19-7-8)11(18)14(5-9(12)15)6-10(16)17/h2-3,7H,4-6H2,1H3,(H2,12,15)(H,16,17). The molecule has 1 rings (SSSR count). The van der Waals surface area contributed by atoms with Gasteiger partial charge in [-0.1, -0.05) is 0 Å². The van der Waals surface area contributed by atoms with Crippen LogP contribution >= 0.6 is 11.3 Å². The van der Waals surface area contributed by atoms with Crippen LogP contribution in [0, 0.1) is 0 Å². The summed E-state index contributed by atoms with van der Waals surface area (Å²) in [6.07, 6.45) is 0. The van der Waals surface area contributed by atoms with E-state index in [9.17, 15) is 14.4 Å². The summed E-state index contributed by atoms with van der Waals surface area (Å²) in [6, 6.07) is 1.32. The molecule has 0 unspecified atom stereocenters. The van der Waals surface area contributed by atoms with Gasteiger partial charge in [0.1, 0.15) is 13.1 Å². The number of rotatable bonds is 6. The molecule has 1 aromatic heterocycles. The van der Waals surface area contributed by atoms with E-state index in [2.05, 4.69) is 0 Å². The molecule has 1 heterocycles. The molecule has 0 aliphatic carbocycles. The van der Waals surface area contributed by atoms with Crippen molar-refractivity contribution in [3.05, 3.63) is 22.4 Å². The number of carbonyl (C=O) groups excluding carboxylic acids is 2. The minimum absolute atomic E-state index is 0.344. The maximum absolute atomic E-state index is 12.0. The van der Waals surface area contributed by atoms with E-state index < -0.39 is 31.0 Å². The number of hydrogen-bond donors (Lipinski definition) is 2. The zero-order valence-electron chi connectivity index (χ0n) is 10.4. The lowest BCUT2D eigenvalue weighted by Gasteiger charge is -2.25. The Balaban J connectivity index is 2.68. The lowest BCUT2D eigenvalue weighted by Crippen LogP contribution is -2.47. The summed E-state index contributed by atoms with van der Waals surface area (Å²) < 4.78 is 0.